The highest BCUT2D eigenvalue weighted by Crippen LogP contribution is 2.06. The zero-order valence-electron chi connectivity index (χ0n) is 8.14. The molecule has 2 nitrogen and oxygen atoms in total. The Morgan fingerprint density at radius 1 is 1.18 bits per heavy atom. The van der Waals surface area contributed by atoms with Crippen LogP contribution in [0.2, 0.25) is 0 Å². The first-order valence-electron chi connectivity index (χ1n) is 4.73. The molecule has 0 radical (unpaired) electrons. The molecule has 1 rings (SSSR count). The summed E-state index contributed by atoms with van der Waals surface area (Å²) in [6.45, 7) is 6.41. The molecule has 0 aromatic heterocycles. The van der Waals surface area contributed by atoms with E-state index >= 15 is 0 Å². The summed E-state index contributed by atoms with van der Waals surface area (Å²) in [5, 5.41) is 0. The van der Waals surface area contributed by atoms with Gasteiger partial charge in [0.1, 0.15) is 0 Å². The summed E-state index contributed by atoms with van der Waals surface area (Å²) < 4.78 is 0. The van der Waals surface area contributed by atoms with Crippen LogP contribution in [-0.2, 0) is 0 Å². The maximum atomic E-state index is 5.77. The van der Waals surface area contributed by atoms with Gasteiger partial charge in [-0.1, -0.05) is 13.8 Å². The molecule has 1 heterocycles. The summed E-state index contributed by atoms with van der Waals surface area (Å²) in [7, 11) is 2.16. The summed E-state index contributed by atoms with van der Waals surface area (Å²) in [5.74, 6) is 0. The third-order valence-electron chi connectivity index (χ3n) is 2.00. The number of hydrogen-bond donors (Lipinski definition) is 1. The molecule has 0 aromatic carbocycles. The van der Waals surface area contributed by atoms with Gasteiger partial charge in [0.15, 0.2) is 0 Å². The summed E-state index contributed by atoms with van der Waals surface area (Å²) in [5.41, 5.74) is 5.77. The first kappa shape index (κ1) is 10.9. The van der Waals surface area contributed by atoms with Gasteiger partial charge in [-0.25, -0.2) is 0 Å². The van der Waals surface area contributed by atoms with Gasteiger partial charge in [-0.15, -0.1) is 0 Å². The molecule has 0 spiro atoms. The third-order valence-corrected chi connectivity index (χ3v) is 2.00. The summed E-state index contributed by atoms with van der Waals surface area (Å²) in [4.78, 5) is 2.35. The van der Waals surface area contributed by atoms with E-state index in [0.29, 0.717) is 6.04 Å². The Bertz CT molecular complexity index is 73.6. The molecule has 1 atom stereocenters. The van der Waals surface area contributed by atoms with Gasteiger partial charge < -0.3 is 10.6 Å². The van der Waals surface area contributed by atoms with Gasteiger partial charge in [-0.2, -0.15) is 0 Å². The zero-order chi connectivity index (χ0) is 8.69. The maximum Gasteiger partial charge on any atom is 0.00514 e. The molecule has 0 bridgehead atoms. The Kier molecular flexibility index (Phi) is 6.57. The second-order valence-corrected chi connectivity index (χ2v) is 2.99. The van der Waals surface area contributed by atoms with Crippen LogP contribution >= 0.6 is 0 Å². The van der Waals surface area contributed by atoms with Crippen LogP contribution in [0, 0.1) is 0 Å². The first-order chi connectivity index (χ1) is 5.29. The molecule has 1 aliphatic heterocycles. The number of nitrogens with two attached hydrogens (primary N) is 1. The van der Waals surface area contributed by atoms with Crippen molar-refractivity contribution >= 4 is 0 Å². The molecule has 1 fully saturated rings. The van der Waals surface area contributed by atoms with Crippen molar-refractivity contribution < 1.29 is 0 Å². The standard InChI is InChI=1S/C7H16N2.C2H6/c1-9-5-2-3-7(8)4-6-9;1-2/h7H,2-6,8H2,1H3;1-2H3. The minimum atomic E-state index is 0.468. The lowest BCUT2D eigenvalue weighted by atomic mass is 10.1. The normalized spacial score (nSPS) is 26.7. The molecule has 0 aliphatic carbocycles. The Morgan fingerprint density at radius 2 is 1.82 bits per heavy atom. The van der Waals surface area contributed by atoms with Crippen LogP contribution in [0.3, 0.4) is 0 Å². The van der Waals surface area contributed by atoms with E-state index in [1.165, 1.54) is 32.4 Å². The molecule has 2 heteroatoms. The largest absolute Gasteiger partial charge is 0.328 e. The highest BCUT2D eigenvalue weighted by molar-refractivity contribution is 4.68. The second kappa shape index (κ2) is 6.62. The van der Waals surface area contributed by atoms with E-state index in [0.717, 1.165) is 0 Å². The van der Waals surface area contributed by atoms with Crippen molar-refractivity contribution in [3.63, 3.8) is 0 Å². The van der Waals surface area contributed by atoms with Gasteiger partial charge in [0, 0.05) is 6.04 Å². The molecule has 1 unspecified atom stereocenters. The van der Waals surface area contributed by atoms with E-state index in [4.69, 9.17) is 5.73 Å². The predicted octanol–water partition coefficient (Wildman–Crippen LogP) is 1.46. The fraction of sp³-hybridized carbons (Fsp3) is 1.00. The lowest BCUT2D eigenvalue weighted by Gasteiger charge is -2.11. The molecule has 1 saturated heterocycles. The number of nitrogens with zero attached hydrogens (tertiary/aromatic N) is 1. The zero-order valence-corrected chi connectivity index (χ0v) is 8.14. The molecule has 0 amide bonds. The lowest BCUT2D eigenvalue weighted by Crippen LogP contribution is -2.23. The number of rotatable bonds is 0. The second-order valence-electron chi connectivity index (χ2n) is 2.99. The minimum absolute atomic E-state index is 0.468. The van der Waals surface area contributed by atoms with Crippen LogP contribution in [0.25, 0.3) is 0 Å². The number of hydrogen-bond acceptors (Lipinski definition) is 2. The SMILES string of the molecule is CC.CN1CCCC(N)CC1. The Hall–Kier alpha value is -0.0800. The first-order valence-corrected chi connectivity index (χ1v) is 4.73. The summed E-state index contributed by atoms with van der Waals surface area (Å²) in [6, 6.07) is 0.468. The molecule has 2 N–H and O–H groups in total. The molecule has 0 aromatic rings. The van der Waals surface area contributed by atoms with Crippen LogP contribution in [0.1, 0.15) is 33.1 Å². The fourth-order valence-electron chi connectivity index (χ4n) is 1.27. The average Bonchev–Trinajstić information content (AvgIpc) is 2.20. The van der Waals surface area contributed by atoms with Crippen molar-refractivity contribution in [2.75, 3.05) is 20.1 Å². The number of likely N-dealkylation sites (tertiary alicyclic amines) is 1. The van der Waals surface area contributed by atoms with E-state index in [9.17, 15) is 0 Å². The van der Waals surface area contributed by atoms with Crippen molar-refractivity contribution in [2.45, 2.75) is 39.2 Å². The van der Waals surface area contributed by atoms with Gasteiger partial charge >= 0.3 is 0 Å². The van der Waals surface area contributed by atoms with Gasteiger partial charge in [-0.05, 0) is 39.4 Å². The molecule has 68 valence electrons. The topological polar surface area (TPSA) is 29.3 Å². The van der Waals surface area contributed by atoms with Crippen LogP contribution < -0.4 is 5.73 Å². The van der Waals surface area contributed by atoms with Gasteiger partial charge in [0.05, 0.1) is 0 Å². The van der Waals surface area contributed by atoms with Crippen molar-refractivity contribution in [3.05, 3.63) is 0 Å². The van der Waals surface area contributed by atoms with Crippen LogP contribution in [0.15, 0.2) is 0 Å². The van der Waals surface area contributed by atoms with E-state index in [1.807, 2.05) is 13.8 Å². The lowest BCUT2D eigenvalue weighted by molar-refractivity contribution is 0.347. The van der Waals surface area contributed by atoms with Crippen LogP contribution in [0.5, 0.6) is 0 Å². The monoisotopic (exact) mass is 158 g/mol. The van der Waals surface area contributed by atoms with Gasteiger partial charge in [-0.3, -0.25) is 0 Å². The Balaban J connectivity index is 0.000000461. The quantitative estimate of drug-likeness (QED) is 0.578. The van der Waals surface area contributed by atoms with Crippen molar-refractivity contribution in [1.82, 2.24) is 4.90 Å². The highest BCUT2D eigenvalue weighted by Gasteiger charge is 2.09. The summed E-state index contributed by atoms with van der Waals surface area (Å²) in [6.07, 6.45) is 3.67. The molecule has 0 saturated carbocycles. The van der Waals surface area contributed by atoms with Crippen molar-refractivity contribution in [2.24, 2.45) is 5.73 Å². The van der Waals surface area contributed by atoms with Crippen molar-refractivity contribution in [3.8, 4) is 0 Å². The molecular formula is C9H22N2. The molecule has 11 heavy (non-hydrogen) atoms. The Labute approximate surface area is 70.8 Å². The maximum absolute atomic E-state index is 5.77. The van der Waals surface area contributed by atoms with E-state index in [-0.39, 0.29) is 0 Å². The van der Waals surface area contributed by atoms with E-state index in [2.05, 4.69) is 11.9 Å². The fourth-order valence-corrected chi connectivity index (χ4v) is 1.27. The smallest absolute Gasteiger partial charge is 0.00514 e. The van der Waals surface area contributed by atoms with Gasteiger partial charge in [0.25, 0.3) is 0 Å². The van der Waals surface area contributed by atoms with Gasteiger partial charge in [0.2, 0.25) is 0 Å². The minimum Gasteiger partial charge on any atom is -0.328 e. The molecular weight excluding hydrogens is 136 g/mol. The highest BCUT2D eigenvalue weighted by atomic mass is 15.1. The van der Waals surface area contributed by atoms with Crippen LogP contribution in [-0.4, -0.2) is 31.1 Å². The van der Waals surface area contributed by atoms with E-state index in [1.54, 1.807) is 0 Å². The summed E-state index contributed by atoms with van der Waals surface area (Å²) >= 11 is 0. The molecule has 1 aliphatic rings. The van der Waals surface area contributed by atoms with E-state index < -0.39 is 0 Å². The van der Waals surface area contributed by atoms with Crippen molar-refractivity contribution in [1.29, 1.82) is 0 Å². The average molecular weight is 158 g/mol. The third kappa shape index (κ3) is 5.22. The predicted molar refractivity (Wildman–Crippen MR) is 50.7 cm³/mol. The van der Waals surface area contributed by atoms with Crippen LogP contribution in [0.4, 0.5) is 0 Å². The Morgan fingerprint density at radius 3 is 2.45 bits per heavy atom.